The smallest absolute Gasteiger partial charge is 0.179 e. The van der Waals surface area contributed by atoms with E-state index in [1.807, 2.05) is 43.4 Å². The van der Waals surface area contributed by atoms with Gasteiger partial charge in [-0.25, -0.2) is 9.97 Å². The van der Waals surface area contributed by atoms with Crippen molar-refractivity contribution in [3.05, 3.63) is 52.8 Å². The van der Waals surface area contributed by atoms with Gasteiger partial charge in [0.25, 0.3) is 0 Å². The van der Waals surface area contributed by atoms with E-state index in [1.165, 1.54) is 0 Å². The molecule has 0 atom stereocenters. The maximum Gasteiger partial charge on any atom is 0.179 e. The normalized spacial score (nSPS) is 10.8. The number of imidazole rings is 1. The number of hydrogen-bond donors (Lipinski definition) is 2. The maximum absolute atomic E-state index is 5.98. The summed E-state index contributed by atoms with van der Waals surface area (Å²) in [7, 11) is 1.84. The Morgan fingerprint density at radius 3 is 2.89 bits per heavy atom. The molecule has 2 heterocycles. The highest BCUT2D eigenvalue weighted by Gasteiger charge is 2.06. The summed E-state index contributed by atoms with van der Waals surface area (Å²) in [4.78, 5) is 12.2. The van der Waals surface area contributed by atoms with Crippen molar-refractivity contribution in [2.24, 2.45) is 0 Å². The molecule has 2 N–H and O–H groups in total. The summed E-state index contributed by atoms with van der Waals surface area (Å²) in [5, 5.41) is 3.74. The van der Waals surface area contributed by atoms with Gasteiger partial charge in [-0.15, -0.1) is 0 Å². The van der Waals surface area contributed by atoms with Crippen LogP contribution in [0.5, 0.6) is 0 Å². The molecular weight excluding hydrogens is 260 g/mol. The molecule has 0 aliphatic carbocycles. The van der Waals surface area contributed by atoms with Gasteiger partial charge >= 0.3 is 0 Å². The Morgan fingerprint density at radius 1 is 1.21 bits per heavy atom. The first-order valence-corrected chi connectivity index (χ1v) is 6.40. The van der Waals surface area contributed by atoms with Crippen LogP contribution < -0.4 is 5.32 Å². The maximum atomic E-state index is 5.98. The molecule has 2 aromatic heterocycles. The van der Waals surface area contributed by atoms with E-state index >= 15 is 0 Å². The molecular formula is C14H13ClN4. The fraction of sp³-hybridized carbons (Fsp3) is 0.143. The minimum atomic E-state index is 0.714. The largest absolute Gasteiger partial charge is 0.373 e. The molecule has 96 valence electrons. The Balaban J connectivity index is 1.93. The lowest BCUT2D eigenvalue weighted by atomic mass is 10.1. The lowest BCUT2D eigenvalue weighted by molar-refractivity contribution is 1.03. The van der Waals surface area contributed by atoms with Gasteiger partial charge in [0, 0.05) is 18.5 Å². The molecule has 3 aromatic rings. The molecule has 3 rings (SSSR count). The Kier molecular flexibility index (Phi) is 3.09. The lowest BCUT2D eigenvalue weighted by Gasteiger charge is -1.98. The van der Waals surface area contributed by atoms with Gasteiger partial charge in [-0.1, -0.05) is 23.7 Å². The monoisotopic (exact) mass is 272 g/mol. The van der Waals surface area contributed by atoms with Gasteiger partial charge in [0.2, 0.25) is 0 Å². The predicted octanol–water partition coefficient (Wildman–Crippen LogP) is 3.24. The summed E-state index contributed by atoms with van der Waals surface area (Å²) >= 11 is 5.98. The van der Waals surface area contributed by atoms with E-state index in [0.29, 0.717) is 6.42 Å². The highest BCUT2D eigenvalue weighted by molar-refractivity contribution is 6.30. The third-order valence-electron chi connectivity index (χ3n) is 2.91. The topological polar surface area (TPSA) is 53.6 Å². The predicted molar refractivity (Wildman–Crippen MR) is 77.7 cm³/mol. The van der Waals surface area contributed by atoms with Gasteiger partial charge in [-0.3, -0.25) is 0 Å². The first-order chi connectivity index (χ1) is 9.24. The van der Waals surface area contributed by atoms with Gasteiger partial charge in [-0.05, 0) is 29.8 Å². The molecule has 0 bridgehead atoms. The van der Waals surface area contributed by atoms with Crippen molar-refractivity contribution in [3.63, 3.8) is 0 Å². The third kappa shape index (κ3) is 2.53. The van der Waals surface area contributed by atoms with Crippen LogP contribution in [0.1, 0.15) is 11.4 Å². The Hall–Kier alpha value is -2.07. The second-order valence-electron chi connectivity index (χ2n) is 4.31. The van der Waals surface area contributed by atoms with E-state index in [1.54, 1.807) is 0 Å². The van der Waals surface area contributed by atoms with Gasteiger partial charge < -0.3 is 10.3 Å². The summed E-state index contributed by atoms with van der Waals surface area (Å²) in [5.74, 6) is 1.70. The van der Waals surface area contributed by atoms with Crippen molar-refractivity contribution >= 4 is 28.6 Å². The molecule has 19 heavy (non-hydrogen) atoms. The minimum absolute atomic E-state index is 0.714. The average molecular weight is 273 g/mol. The summed E-state index contributed by atoms with van der Waals surface area (Å²) < 4.78 is 0. The van der Waals surface area contributed by atoms with Crippen molar-refractivity contribution in [1.82, 2.24) is 15.0 Å². The van der Waals surface area contributed by atoms with Crippen LogP contribution in [0.4, 0.5) is 5.82 Å². The number of fused-ring (bicyclic) bond motifs is 1. The average Bonchev–Trinajstić information content (AvgIpc) is 2.79. The van der Waals surface area contributed by atoms with Crippen molar-refractivity contribution in [2.45, 2.75) is 6.42 Å². The molecule has 0 spiro atoms. The Morgan fingerprint density at radius 2 is 2.11 bits per heavy atom. The molecule has 1 aromatic carbocycles. The van der Waals surface area contributed by atoms with E-state index in [2.05, 4.69) is 20.3 Å². The number of rotatable bonds is 3. The van der Waals surface area contributed by atoms with Crippen LogP contribution in [0.15, 0.2) is 36.4 Å². The number of nitrogens with one attached hydrogen (secondary N) is 2. The number of benzene rings is 1. The Labute approximate surface area is 115 Å². The van der Waals surface area contributed by atoms with E-state index in [4.69, 9.17) is 11.6 Å². The second kappa shape index (κ2) is 4.90. The number of nitrogens with zero attached hydrogens (tertiary/aromatic N) is 2. The first kappa shape index (κ1) is 12.0. The first-order valence-electron chi connectivity index (χ1n) is 6.02. The minimum Gasteiger partial charge on any atom is -0.373 e. The molecule has 5 heteroatoms. The van der Waals surface area contributed by atoms with Gasteiger partial charge in [0.15, 0.2) is 5.65 Å². The van der Waals surface area contributed by atoms with E-state index in [-0.39, 0.29) is 0 Å². The van der Waals surface area contributed by atoms with Gasteiger partial charge in [0.05, 0.1) is 5.52 Å². The molecule has 4 nitrogen and oxygen atoms in total. The van der Waals surface area contributed by atoms with Crippen LogP contribution in [0.2, 0.25) is 5.02 Å². The van der Waals surface area contributed by atoms with E-state index in [0.717, 1.165) is 33.4 Å². The zero-order valence-corrected chi connectivity index (χ0v) is 11.2. The molecule has 0 saturated heterocycles. The van der Waals surface area contributed by atoms with Gasteiger partial charge in [-0.2, -0.15) is 0 Å². The van der Waals surface area contributed by atoms with Crippen LogP contribution in [-0.4, -0.2) is 22.0 Å². The summed E-state index contributed by atoms with van der Waals surface area (Å²) in [6, 6.07) is 11.7. The number of anilines is 1. The molecule has 0 radical (unpaired) electrons. The standard InChI is InChI=1S/C14H13ClN4/c1-16-12-6-5-11-14(18-12)19-13(17-11)8-9-3-2-4-10(15)7-9/h2-7H,8H2,1H3,(H2,16,17,18,19). The number of H-pyrrole nitrogens is 1. The highest BCUT2D eigenvalue weighted by Crippen LogP contribution is 2.16. The molecule has 0 aliphatic heterocycles. The third-order valence-corrected chi connectivity index (χ3v) is 3.15. The zero-order valence-electron chi connectivity index (χ0n) is 10.4. The van der Waals surface area contributed by atoms with Crippen LogP contribution in [0, 0.1) is 0 Å². The van der Waals surface area contributed by atoms with Crippen molar-refractivity contribution in [2.75, 3.05) is 12.4 Å². The lowest BCUT2D eigenvalue weighted by Crippen LogP contribution is -1.91. The van der Waals surface area contributed by atoms with Crippen LogP contribution in [0.3, 0.4) is 0 Å². The van der Waals surface area contributed by atoms with E-state index < -0.39 is 0 Å². The molecule has 0 saturated carbocycles. The summed E-state index contributed by atoms with van der Waals surface area (Å²) in [6.07, 6.45) is 0.714. The van der Waals surface area contributed by atoms with Crippen LogP contribution in [0.25, 0.3) is 11.2 Å². The van der Waals surface area contributed by atoms with Crippen LogP contribution in [-0.2, 0) is 6.42 Å². The number of aromatic amines is 1. The fourth-order valence-corrected chi connectivity index (χ4v) is 2.22. The molecule has 0 aliphatic rings. The highest BCUT2D eigenvalue weighted by atomic mass is 35.5. The van der Waals surface area contributed by atoms with E-state index in [9.17, 15) is 0 Å². The van der Waals surface area contributed by atoms with Crippen molar-refractivity contribution < 1.29 is 0 Å². The zero-order chi connectivity index (χ0) is 13.2. The number of halogens is 1. The molecule has 0 unspecified atom stereocenters. The summed E-state index contributed by atoms with van der Waals surface area (Å²) in [5.41, 5.74) is 2.79. The molecule has 0 fully saturated rings. The summed E-state index contributed by atoms with van der Waals surface area (Å²) in [6.45, 7) is 0. The fourth-order valence-electron chi connectivity index (χ4n) is 2.01. The number of pyridine rings is 1. The van der Waals surface area contributed by atoms with Gasteiger partial charge in [0.1, 0.15) is 11.6 Å². The quantitative estimate of drug-likeness (QED) is 0.770. The Bertz CT molecular complexity index is 720. The molecule has 0 amide bonds. The SMILES string of the molecule is CNc1ccc2[nH]c(Cc3cccc(Cl)c3)nc2n1. The second-order valence-corrected chi connectivity index (χ2v) is 4.74. The number of aromatic nitrogens is 3. The van der Waals surface area contributed by atoms with Crippen molar-refractivity contribution in [3.8, 4) is 0 Å². The van der Waals surface area contributed by atoms with Crippen LogP contribution >= 0.6 is 11.6 Å². The number of hydrogen-bond acceptors (Lipinski definition) is 3. The van der Waals surface area contributed by atoms with Crippen molar-refractivity contribution in [1.29, 1.82) is 0 Å².